The quantitative estimate of drug-likeness (QED) is 0.396. The first-order valence-electron chi connectivity index (χ1n) is 15.3. The van der Waals surface area contributed by atoms with Crippen LogP contribution in [0.5, 0.6) is 0 Å². The van der Waals surface area contributed by atoms with Crippen molar-refractivity contribution >= 4 is 17.6 Å². The molecule has 1 saturated carbocycles. The summed E-state index contributed by atoms with van der Waals surface area (Å²) in [5.41, 5.74) is 2.53. The molecular weight excluding hydrogens is 562 g/mol. The summed E-state index contributed by atoms with van der Waals surface area (Å²) in [6.45, 7) is 5.87. The molecule has 3 aromatic rings. The van der Waals surface area contributed by atoms with Crippen LogP contribution in [0.3, 0.4) is 0 Å². The number of hydrogen-bond acceptors (Lipinski definition) is 9. The lowest BCUT2D eigenvalue weighted by atomic mass is 9.81. The molecule has 0 unspecified atom stereocenters. The minimum absolute atomic E-state index is 0.0231. The number of rotatable bonds is 8. The van der Waals surface area contributed by atoms with Gasteiger partial charge in [-0.2, -0.15) is 5.10 Å². The number of aromatic nitrogens is 6. The second kappa shape index (κ2) is 12.2. The van der Waals surface area contributed by atoms with E-state index < -0.39 is 17.9 Å². The Labute approximate surface area is 247 Å². The molecule has 3 atom stereocenters. The summed E-state index contributed by atoms with van der Waals surface area (Å²) in [6.07, 6.45) is 4.88. The van der Waals surface area contributed by atoms with Crippen LogP contribution >= 0.6 is 0 Å². The van der Waals surface area contributed by atoms with Gasteiger partial charge in [0.05, 0.1) is 29.3 Å². The number of aryl methyl sites for hydroxylation is 1. The largest absolute Gasteiger partial charge is 0.381 e. The average molecular weight is 601 g/mol. The second-order valence-corrected chi connectivity index (χ2v) is 12.3. The van der Waals surface area contributed by atoms with Gasteiger partial charge >= 0.3 is 0 Å². The van der Waals surface area contributed by atoms with Crippen LogP contribution < -0.4 is 10.6 Å². The first-order chi connectivity index (χ1) is 20.7. The average Bonchev–Trinajstić information content (AvgIpc) is 3.65. The van der Waals surface area contributed by atoms with Crippen LogP contribution in [0.4, 0.5) is 8.78 Å². The number of imidazole rings is 1. The van der Waals surface area contributed by atoms with Gasteiger partial charge in [0, 0.05) is 50.9 Å². The lowest BCUT2D eigenvalue weighted by molar-refractivity contribution is -0.127. The summed E-state index contributed by atoms with van der Waals surface area (Å²) in [6, 6.07) is -0.673. The van der Waals surface area contributed by atoms with Gasteiger partial charge in [-0.25, -0.2) is 27.9 Å². The number of nitrogens with zero attached hydrogens (tertiary/aromatic N) is 6. The van der Waals surface area contributed by atoms with Crippen LogP contribution in [0, 0.1) is 17.8 Å². The van der Waals surface area contributed by atoms with Crippen molar-refractivity contribution < 1.29 is 27.7 Å². The van der Waals surface area contributed by atoms with Gasteiger partial charge in [0.2, 0.25) is 11.8 Å². The topological polar surface area (TPSA) is 149 Å². The fourth-order valence-electron chi connectivity index (χ4n) is 6.63. The number of carbonyl (C=O) groups excluding carboxylic acids is 2. The molecule has 14 heteroatoms. The molecule has 1 aliphatic carbocycles. The van der Waals surface area contributed by atoms with E-state index in [4.69, 9.17) is 24.4 Å². The molecule has 2 amide bonds. The number of alkyl halides is 2. The van der Waals surface area contributed by atoms with Crippen molar-refractivity contribution in [1.82, 2.24) is 40.5 Å². The van der Waals surface area contributed by atoms with Crippen molar-refractivity contribution in [2.45, 2.75) is 89.5 Å². The lowest BCUT2D eigenvalue weighted by Gasteiger charge is -2.33. The predicted octanol–water partition coefficient (Wildman–Crippen LogP) is 3.58. The van der Waals surface area contributed by atoms with E-state index in [1.165, 1.54) is 0 Å². The number of carbonyl (C=O) groups is 2. The van der Waals surface area contributed by atoms with Crippen molar-refractivity contribution in [3.05, 3.63) is 34.7 Å². The Morgan fingerprint density at radius 3 is 2.67 bits per heavy atom. The maximum atomic E-state index is 14.1. The van der Waals surface area contributed by atoms with Crippen LogP contribution in [-0.2, 0) is 22.4 Å². The van der Waals surface area contributed by atoms with E-state index in [1.54, 1.807) is 10.7 Å². The van der Waals surface area contributed by atoms with Crippen molar-refractivity contribution in [2.24, 2.45) is 17.8 Å². The zero-order valence-corrected chi connectivity index (χ0v) is 24.5. The van der Waals surface area contributed by atoms with Crippen LogP contribution in [0.15, 0.2) is 10.8 Å². The maximum Gasteiger partial charge on any atom is 0.276 e. The van der Waals surface area contributed by atoms with Gasteiger partial charge in [-0.1, -0.05) is 19.0 Å². The molecule has 3 aliphatic rings. The highest BCUT2D eigenvalue weighted by molar-refractivity contribution is 5.93. The molecule has 43 heavy (non-hydrogen) atoms. The van der Waals surface area contributed by atoms with Gasteiger partial charge in [-0.3, -0.25) is 9.59 Å². The van der Waals surface area contributed by atoms with Gasteiger partial charge in [-0.15, -0.1) is 0 Å². The number of ether oxygens (including phenoxy) is 1. The number of hydrogen-bond donors (Lipinski definition) is 2. The summed E-state index contributed by atoms with van der Waals surface area (Å²) in [4.78, 5) is 35.8. The van der Waals surface area contributed by atoms with Gasteiger partial charge < -0.3 is 15.4 Å². The van der Waals surface area contributed by atoms with Crippen molar-refractivity contribution in [3.8, 4) is 0 Å². The van der Waals surface area contributed by atoms with Gasteiger partial charge in [0.15, 0.2) is 5.69 Å². The SMILES string of the molecule is CCc1nonc1C(=O)N[C@H](c1cn2nc(C[C@@H]3C[C@H](C)CNC3=O)c(C3CCOCC3)nc2n1)C1CCC(F)(F)CC1. The number of piperidine rings is 1. The van der Waals surface area contributed by atoms with E-state index >= 15 is 0 Å². The molecule has 232 valence electrons. The Bertz CT molecular complexity index is 1460. The molecule has 0 aromatic carbocycles. The molecule has 3 aromatic heterocycles. The van der Waals surface area contributed by atoms with Crippen molar-refractivity contribution in [2.75, 3.05) is 19.8 Å². The van der Waals surface area contributed by atoms with E-state index in [0.29, 0.717) is 55.7 Å². The normalized spacial score (nSPS) is 24.1. The van der Waals surface area contributed by atoms with Crippen molar-refractivity contribution in [3.63, 3.8) is 0 Å². The predicted molar refractivity (Wildman–Crippen MR) is 148 cm³/mol. The minimum atomic E-state index is -2.73. The smallest absolute Gasteiger partial charge is 0.276 e. The third-order valence-electron chi connectivity index (χ3n) is 9.11. The Kier molecular flexibility index (Phi) is 8.38. The third-order valence-corrected chi connectivity index (χ3v) is 9.11. The van der Waals surface area contributed by atoms with E-state index in [-0.39, 0.29) is 55.0 Å². The Balaban J connectivity index is 1.36. The van der Waals surface area contributed by atoms with Crippen molar-refractivity contribution in [1.29, 1.82) is 0 Å². The zero-order chi connectivity index (χ0) is 30.1. The lowest BCUT2D eigenvalue weighted by Crippen LogP contribution is -2.41. The summed E-state index contributed by atoms with van der Waals surface area (Å²) in [5, 5.41) is 18.5. The molecule has 0 bridgehead atoms. The fourth-order valence-corrected chi connectivity index (χ4v) is 6.63. The van der Waals surface area contributed by atoms with Crippen LogP contribution in [-0.4, -0.2) is 67.4 Å². The summed E-state index contributed by atoms with van der Waals surface area (Å²) in [7, 11) is 0. The summed E-state index contributed by atoms with van der Waals surface area (Å²) >= 11 is 0. The highest BCUT2D eigenvalue weighted by Gasteiger charge is 2.40. The van der Waals surface area contributed by atoms with Crippen LogP contribution in [0.2, 0.25) is 0 Å². The number of halogens is 2. The molecule has 0 spiro atoms. The summed E-state index contributed by atoms with van der Waals surface area (Å²) < 4.78 is 40.2. The highest BCUT2D eigenvalue weighted by Crippen LogP contribution is 2.41. The fraction of sp³-hybridized carbons (Fsp3) is 0.690. The molecule has 12 nitrogen and oxygen atoms in total. The maximum absolute atomic E-state index is 14.1. The van der Waals surface area contributed by atoms with Gasteiger partial charge in [0.25, 0.3) is 11.7 Å². The van der Waals surface area contributed by atoms with Crippen LogP contribution in [0.1, 0.15) is 104 Å². The molecule has 6 rings (SSSR count). The molecule has 2 N–H and O–H groups in total. The molecule has 2 saturated heterocycles. The molecule has 5 heterocycles. The minimum Gasteiger partial charge on any atom is -0.381 e. The Morgan fingerprint density at radius 2 is 1.93 bits per heavy atom. The van der Waals surface area contributed by atoms with E-state index in [0.717, 1.165) is 30.7 Å². The zero-order valence-electron chi connectivity index (χ0n) is 24.5. The number of amides is 2. The van der Waals surface area contributed by atoms with Crippen LogP contribution in [0.25, 0.3) is 5.78 Å². The third kappa shape index (κ3) is 6.38. The number of nitrogens with one attached hydrogen (secondary N) is 2. The molecule has 0 radical (unpaired) electrons. The van der Waals surface area contributed by atoms with Gasteiger partial charge in [-0.05, 0) is 55.5 Å². The van der Waals surface area contributed by atoms with E-state index in [9.17, 15) is 18.4 Å². The highest BCUT2D eigenvalue weighted by atomic mass is 19.3. The first kappa shape index (κ1) is 29.5. The summed E-state index contributed by atoms with van der Waals surface area (Å²) in [5.74, 6) is -2.85. The van der Waals surface area contributed by atoms with E-state index in [2.05, 4.69) is 27.9 Å². The standard InChI is InChI=1S/C29H38F2N8O4/c1-3-20-25(38-43-37-20)27(41)34-24(17-4-8-29(30,31)9-5-17)22-15-39-28(33-22)35-23(18-6-10-42-11-7-18)21(36-39)13-19-12-16(2)14-32-26(19)40/h15-19,24H,3-14H2,1-2H3,(H,32,40)(H,34,41)/t16-,19-,24-/m0/s1. The first-order valence-corrected chi connectivity index (χ1v) is 15.3. The second-order valence-electron chi connectivity index (χ2n) is 12.3. The Morgan fingerprint density at radius 1 is 1.16 bits per heavy atom. The van der Waals surface area contributed by atoms with E-state index in [1.807, 2.05) is 6.92 Å². The molecule has 3 fully saturated rings. The monoisotopic (exact) mass is 600 g/mol. The molecule has 2 aliphatic heterocycles. The van der Waals surface area contributed by atoms with Gasteiger partial charge in [0.1, 0.15) is 5.69 Å². The number of fused-ring (bicyclic) bond motifs is 1. The molecular formula is C29H38F2N8O4. The Hall–Kier alpha value is -3.55.